The molecule has 0 aliphatic rings. The number of anilines is 1. The van der Waals surface area contributed by atoms with Crippen LogP contribution in [-0.4, -0.2) is 0 Å². The Labute approximate surface area is 120 Å². The van der Waals surface area contributed by atoms with E-state index >= 15 is 0 Å². The molecule has 0 heterocycles. The summed E-state index contributed by atoms with van der Waals surface area (Å²) in [7, 11) is 0. The van der Waals surface area contributed by atoms with Crippen molar-refractivity contribution in [1.82, 2.24) is 0 Å². The highest BCUT2D eigenvalue weighted by Crippen LogP contribution is 2.29. The van der Waals surface area contributed by atoms with Crippen molar-refractivity contribution in [1.29, 1.82) is 0 Å². The molecular weight excluding hydrogens is 291 g/mol. The van der Waals surface area contributed by atoms with Gasteiger partial charge in [-0.3, -0.25) is 0 Å². The van der Waals surface area contributed by atoms with E-state index in [9.17, 15) is 8.78 Å². The van der Waals surface area contributed by atoms with Crippen LogP contribution in [0, 0.1) is 11.6 Å². The zero-order valence-electron chi connectivity index (χ0n) is 10.1. The van der Waals surface area contributed by atoms with E-state index in [4.69, 9.17) is 23.2 Å². The van der Waals surface area contributed by atoms with Gasteiger partial charge in [-0.15, -0.1) is 0 Å². The second-order valence-corrected chi connectivity index (χ2v) is 5.00. The van der Waals surface area contributed by atoms with E-state index in [1.807, 2.05) is 0 Å². The van der Waals surface area contributed by atoms with Crippen LogP contribution < -0.4 is 5.32 Å². The van der Waals surface area contributed by atoms with Crippen LogP contribution in [0.5, 0.6) is 0 Å². The van der Waals surface area contributed by atoms with Crippen molar-refractivity contribution in [2.45, 2.75) is 13.0 Å². The summed E-state index contributed by atoms with van der Waals surface area (Å²) in [6.07, 6.45) is 0. The normalized spacial score (nSPS) is 12.3. The molecule has 0 aromatic heterocycles. The molecule has 0 amide bonds. The van der Waals surface area contributed by atoms with E-state index < -0.39 is 11.6 Å². The molecule has 0 spiro atoms. The smallest absolute Gasteiger partial charge is 0.131 e. The summed E-state index contributed by atoms with van der Waals surface area (Å²) < 4.78 is 26.5. The third-order valence-electron chi connectivity index (χ3n) is 2.73. The molecule has 2 aromatic carbocycles. The summed E-state index contributed by atoms with van der Waals surface area (Å²) in [5.41, 5.74) is 0.961. The van der Waals surface area contributed by atoms with Crippen LogP contribution in [0.25, 0.3) is 0 Å². The zero-order chi connectivity index (χ0) is 14.0. The average Bonchev–Trinajstić information content (AvgIpc) is 2.33. The summed E-state index contributed by atoms with van der Waals surface area (Å²) in [5, 5.41) is 4.06. The van der Waals surface area contributed by atoms with Gasteiger partial charge in [-0.05, 0) is 31.2 Å². The first-order valence-electron chi connectivity index (χ1n) is 5.64. The summed E-state index contributed by atoms with van der Waals surface area (Å²) in [6, 6.07) is 8.08. The Balaban J connectivity index is 2.25. The number of hydrogen-bond donors (Lipinski definition) is 1. The van der Waals surface area contributed by atoms with Crippen LogP contribution in [0.4, 0.5) is 14.5 Å². The van der Waals surface area contributed by atoms with Crippen molar-refractivity contribution >= 4 is 28.9 Å². The summed E-state index contributed by atoms with van der Waals surface area (Å²) in [4.78, 5) is 0. The monoisotopic (exact) mass is 301 g/mol. The highest BCUT2D eigenvalue weighted by atomic mass is 35.5. The molecule has 0 bridgehead atoms. The largest absolute Gasteiger partial charge is 0.377 e. The van der Waals surface area contributed by atoms with Crippen LogP contribution in [0.2, 0.25) is 10.0 Å². The zero-order valence-corrected chi connectivity index (χ0v) is 11.6. The van der Waals surface area contributed by atoms with Gasteiger partial charge in [0.25, 0.3) is 0 Å². The molecule has 1 N–H and O–H groups in total. The Hall–Kier alpha value is -1.32. The van der Waals surface area contributed by atoms with Crippen LogP contribution in [0.15, 0.2) is 36.4 Å². The summed E-state index contributed by atoms with van der Waals surface area (Å²) in [6.45, 7) is 1.76. The number of rotatable bonds is 3. The molecule has 1 nitrogen and oxygen atoms in total. The Morgan fingerprint density at radius 2 is 1.79 bits per heavy atom. The first kappa shape index (κ1) is 14.1. The topological polar surface area (TPSA) is 12.0 Å². The lowest BCUT2D eigenvalue weighted by Crippen LogP contribution is -2.09. The molecule has 0 aliphatic carbocycles. The molecule has 0 aliphatic heterocycles. The van der Waals surface area contributed by atoms with Crippen LogP contribution in [0.1, 0.15) is 18.5 Å². The molecule has 1 unspecified atom stereocenters. The van der Waals surface area contributed by atoms with Gasteiger partial charge in [0.05, 0.1) is 16.8 Å². The van der Waals surface area contributed by atoms with Gasteiger partial charge in [-0.25, -0.2) is 8.78 Å². The van der Waals surface area contributed by atoms with E-state index in [0.717, 1.165) is 6.07 Å². The van der Waals surface area contributed by atoms with Gasteiger partial charge in [0.1, 0.15) is 11.6 Å². The minimum absolute atomic E-state index is 0.359. The molecule has 100 valence electrons. The lowest BCUT2D eigenvalue weighted by atomic mass is 10.1. The maximum absolute atomic E-state index is 13.6. The first-order chi connectivity index (χ1) is 8.97. The molecule has 2 rings (SSSR count). The highest BCUT2D eigenvalue weighted by molar-refractivity contribution is 6.35. The molecular formula is C14H11Cl2F2N. The average molecular weight is 302 g/mol. The fourth-order valence-electron chi connectivity index (χ4n) is 1.77. The summed E-state index contributed by atoms with van der Waals surface area (Å²) in [5.74, 6) is -1.20. The maximum atomic E-state index is 13.6. The molecule has 1 atom stereocenters. The van der Waals surface area contributed by atoms with Crippen molar-refractivity contribution in [2.75, 3.05) is 5.32 Å². The lowest BCUT2D eigenvalue weighted by molar-refractivity contribution is 0.566. The SMILES string of the molecule is CC(Nc1cc(Cl)ccc1Cl)c1ccc(F)cc1F. The fraction of sp³-hybridized carbons (Fsp3) is 0.143. The second-order valence-electron chi connectivity index (χ2n) is 4.16. The van der Waals surface area contributed by atoms with Gasteiger partial charge in [0.15, 0.2) is 0 Å². The Kier molecular flexibility index (Phi) is 4.27. The second kappa shape index (κ2) is 5.76. The first-order valence-corrected chi connectivity index (χ1v) is 6.39. The Bertz CT molecular complexity index is 602. The molecule has 19 heavy (non-hydrogen) atoms. The molecule has 2 aromatic rings. The minimum atomic E-state index is -0.603. The number of hydrogen-bond acceptors (Lipinski definition) is 1. The number of benzene rings is 2. The predicted molar refractivity (Wildman–Crippen MR) is 74.9 cm³/mol. The van der Waals surface area contributed by atoms with Crippen LogP contribution in [0.3, 0.4) is 0 Å². The molecule has 5 heteroatoms. The van der Waals surface area contributed by atoms with E-state index in [2.05, 4.69) is 5.32 Å². The fourth-order valence-corrected chi connectivity index (χ4v) is 2.12. The highest BCUT2D eigenvalue weighted by Gasteiger charge is 2.13. The van der Waals surface area contributed by atoms with Crippen LogP contribution in [-0.2, 0) is 0 Å². The van der Waals surface area contributed by atoms with Crippen molar-refractivity contribution in [3.63, 3.8) is 0 Å². The molecule has 0 fully saturated rings. The molecule has 0 saturated carbocycles. The van der Waals surface area contributed by atoms with Crippen molar-refractivity contribution in [3.8, 4) is 0 Å². The third kappa shape index (κ3) is 3.37. The lowest BCUT2D eigenvalue weighted by Gasteiger charge is -2.17. The van der Waals surface area contributed by atoms with E-state index in [0.29, 0.717) is 21.3 Å². The number of halogens is 4. The quantitative estimate of drug-likeness (QED) is 0.795. The predicted octanol–water partition coefficient (Wildman–Crippen LogP) is 5.44. The maximum Gasteiger partial charge on any atom is 0.131 e. The number of nitrogens with one attached hydrogen (secondary N) is 1. The standard InChI is InChI=1S/C14H11Cl2F2N/c1-8(11-4-3-10(17)7-13(11)18)19-14-6-9(15)2-5-12(14)16/h2-8,19H,1H3. The van der Waals surface area contributed by atoms with Gasteiger partial charge < -0.3 is 5.32 Å². The third-order valence-corrected chi connectivity index (χ3v) is 3.29. The van der Waals surface area contributed by atoms with E-state index in [-0.39, 0.29) is 6.04 Å². The summed E-state index contributed by atoms with van der Waals surface area (Å²) >= 11 is 11.9. The van der Waals surface area contributed by atoms with Gasteiger partial charge in [0.2, 0.25) is 0 Å². The van der Waals surface area contributed by atoms with Gasteiger partial charge >= 0.3 is 0 Å². The van der Waals surface area contributed by atoms with Gasteiger partial charge in [0, 0.05) is 16.7 Å². The molecule has 0 saturated heterocycles. The Morgan fingerprint density at radius 1 is 1.05 bits per heavy atom. The van der Waals surface area contributed by atoms with Gasteiger partial charge in [-0.1, -0.05) is 29.3 Å². The van der Waals surface area contributed by atoms with E-state index in [1.165, 1.54) is 12.1 Å². The van der Waals surface area contributed by atoms with Crippen molar-refractivity contribution in [2.24, 2.45) is 0 Å². The molecule has 0 radical (unpaired) electrons. The van der Waals surface area contributed by atoms with Gasteiger partial charge in [-0.2, -0.15) is 0 Å². The van der Waals surface area contributed by atoms with Crippen molar-refractivity contribution < 1.29 is 8.78 Å². The van der Waals surface area contributed by atoms with Crippen LogP contribution >= 0.6 is 23.2 Å². The van der Waals surface area contributed by atoms with Crippen molar-refractivity contribution in [3.05, 3.63) is 63.6 Å². The minimum Gasteiger partial charge on any atom is -0.377 e. The Morgan fingerprint density at radius 3 is 2.47 bits per heavy atom. The van der Waals surface area contributed by atoms with E-state index in [1.54, 1.807) is 25.1 Å².